The predicted octanol–water partition coefficient (Wildman–Crippen LogP) is 4.95. The first-order valence-corrected chi connectivity index (χ1v) is 9.00. The SMILES string of the molecule is CSCc1cccc(NC(=O)c2cc3ccc(Cl)cc3n2C)c1. The largest absolute Gasteiger partial charge is 0.340 e. The highest BCUT2D eigenvalue weighted by atomic mass is 35.5. The molecule has 0 bridgehead atoms. The number of hydrogen-bond acceptors (Lipinski definition) is 2. The number of carbonyl (C=O) groups excluding carboxylic acids is 1. The topological polar surface area (TPSA) is 34.0 Å². The third-order valence-corrected chi connectivity index (χ3v) is 4.59. The lowest BCUT2D eigenvalue weighted by molar-refractivity contribution is 0.102. The number of nitrogens with one attached hydrogen (secondary N) is 1. The maximum atomic E-state index is 12.6. The van der Waals surface area contributed by atoms with Crippen LogP contribution in [0.3, 0.4) is 0 Å². The van der Waals surface area contributed by atoms with Crippen LogP contribution in [-0.4, -0.2) is 16.7 Å². The summed E-state index contributed by atoms with van der Waals surface area (Å²) in [5.41, 5.74) is 3.56. The average Bonchev–Trinajstić information content (AvgIpc) is 2.85. The molecule has 3 nitrogen and oxygen atoms in total. The molecule has 0 aliphatic heterocycles. The van der Waals surface area contributed by atoms with Crippen molar-refractivity contribution < 1.29 is 4.79 Å². The van der Waals surface area contributed by atoms with Crippen LogP contribution in [0.15, 0.2) is 48.5 Å². The van der Waals surface area contributed by atoms with Gasteiger partial charge in [-0.15, -0.1) is 0 Å². The molecule has 3 rings (SSSR count). The van der Waals surface area contributed by atoms with Crippen molar-refractivity contribution in [1.82, 2.24) is 4.57 Å². The number of amides is 1. The first-order chi connectivity index (χ1) is 11.1. The van der Waals surface area contributed by atoms with Crippen LogP contribution in [0.4, 0.5) is 5.69 Å². The number of aryl methyl sites for hydroxylation is 1. The summed E-state index contributed by atoms with van der Waals surface area (Å²) in [6, 6.07) is 15.4. The second-order valence-corrected chi connectivity index (χ2v) is 6.68. The van der Waals surface area contributed by atoms with E-state index < -0.39 is 0 Å². The maximum absolute atomic E-state index is 12.6. The van der Waals surface area contributed by atoms with Gasteiger partial charge in [0, 0.05) is 34.4 Å². The van der Waals surface area contributed by atoms with E-state index in [2.05, 4.69) is 17.6 Å². The Bertz CT molecular complexity index is 873. The molecule has 1 aromatic heterocycles. The molecule has 0 unspecified atom stereocenters. The Balaban J connectivity index is 1.89. The molecular formula is C18H17ClN2OS. The quantitative estimate of drug-likeness (QED) is 0.726. The van der Waals surface area contributed by atoms with Crippen LogP contribution in [0.5, 0.6) is 0 Å². The summed E-state index contributed by atoms with van der Waals surface area (Å²) >= 11 is 7.80. The molecule has 0 fully saturated rings. The van der Waals surface area contributed by atoms with E-state index in [1.54, 1.807) is 11.8 Å². The lowest BCUT2D eigenvalue weighted by atomic mass is 10.2. The second kappa shape index (κ2) is 6.69. The van der Waals surface area contributed by atoms with Gasteiger partial charge >= 0.3 is 0 Å². The number of hydrogen-bond donors (Lipinski definition) is 1. The molecule has 0 saturated carbocycles. The third kappa shape index (κ3) is 3.38. The molecule has 0 spiro atoms. The van der Waals surface area contributed by atoms with Crippen molar-refractivity contribution in [3.8, 4) is 0 Å². The van der Waals surface area contributed by atoms with Crippen LogP contribution in [0.25, 0.3) is 10.9 Å². The van der Waals surface area contributed by atoms with Crippen LogP contribution in [0.2, 0.25) is 5.02 Å². The molecule has 5 heteroatoms. The summed E-state index contributed by atoms with van der Waals surface area (Å²) in [6.45, 7) is 0. The molecule has 0 saturated heterocycles. The van der Waals surface area contributed by atoms with Gasteiger partial charge in [0.2, 0.25) is 0 Å². The number of halogens is 1. The van der Waals surface area contributed by atoms with E-state index >= 15 is 0 Å². The Labute approximate surface area is 144 Å². The molecule has 0 atom stereocenters. The lowest BCUT2D eigenvalue weighted by Gasteiger charge is -2.08. The van der Waals surface area contributed by atoms with E-state index in [9.17, 15) is 4.79 Å². The minimum atomic E-state index is -0.124. The zero-order valence-electron chi connectivity index (χ0n) is 13.0. The van der Waals surface area contributed by atoms with Gasteiger partial charge in [0.15, 0.2) is 0 Å². The normalized spacial score (nSPS) is 10.9. The molecule has 23 heavy (non-hydrogen) atoms. The average molecular weight is 345 g/mol. The van der Waals surface area contributed by atoms with Crippen molar-refractivity contribution in [2.75, 3.05) is 11.6 Å². The van der Waals surface area contributed by atoms with E-state index in [1.165, 1.54) is 5.56 Å². The van der Waals surface area contributed by atoms with E-state index in [4.69, 9.17) is 11.6 Å². The van der Waals surface area contributed by atoms with Gasteiger partial charge < -0.3 is 9.88 Å². The van der Waals surface area contributed by atoms with Gasteiger partial charge in [-0.2, -0.15) is 11.8 Å². The van der Waals surface area contributed by atoms with E-state index in [-0.39, 0.29) is 5.91 Å². The highest BCUT2D eigenvalue weighted by Crippen LogP contribution is 2.23. The maximum Gasteiger partial charge on any atom is 0.272 e. The predicted molar refractivity (Wildman–Crippen MR) is 99.5 cm³/mol. The Morgan fingerprint density at radius 1 is 1.22 bits per heavy atom. The number of nitrogens with zero attached hydrogens (tertiary/aromatic N) is 1. The molecule has 3 aromatic rings. The fourth-order valence-corrected chi connectivity index (χ4v) is 3.30. The van der Waals surface area contributed by atoms with Gasteiger partial charge in [0.1, 0.15) is 5.69 Å². The van der Waals surface area contributed by atoms with Gasteiger partial charge in [0.05, 0.1) is 0 Å². The summed E-state index contributed by atoms with van der Waals surface area (Å²) in [5.74, 6) is 0.803. The Morgan fingerprint density at radius 3 is 2.83 bits per heavy atom. The van der Waals surface area contributed by atoms with Crippen LogP contribution in [0, 0.1) is 0 Å². The molecule has 0 radical (unpaired) electrons. The molecule has 1 amide bonds. The monoisotopic (exact) mass is 344 g/mol. The van der Waals surface area contributed by atoms with E-state index in [0.29, 0.717) is 10.7 Å². The second-order valence-electron chi connectivity index (χ2n) is 5.38. The highest BCUT2D eigenvalue weighted by molar-refractivity contribution is 7.97. The van der Waals surface area contributed by atoms with Crippen LogP contribution in [0.1, 0.15) is 16.1 Å². The van der Waals surface area contributed by atoms with Gasteiger partial charge in [-0.05, 0) is 42.2 Å². The summed E-state index contributed by atoms with van der Waals surface area (Å²) in [7, 11) is 1.87. The summed E-state index contributed by atoms with van der Waals surface area (Å²) < 4.78 is 1.86. The van der Waals surface area contributed by atoms with Crippen LogP contribution >= 0.6 is 23.4 Å². The van der Waals surface area contributed by atoms with Crippen LogP contribution in [-0.2, 0) is 12.8 Å². The fraction of sp³-hybridized carbons (Fsp3) is 0.167. The van der Waals surface area contributed by atoms with Crippen molar-refractivity contribution in [3.05, 3.63) is 64.8 Å². The van der Waals surface area contributed by atoms with E-state index in [1.807, 2.05) is 54.1 Å². The smallest absolute Gasteiger partial charge is 0.272 e. The minimum Gasteiger partial charge on any atom is -0.340 e. The number of aromatic nitrogens is 1. The lowest BCUT2D eigenvalue weighted by Crippen LogP contribution is -2.15. The number of carbonyl (C=O) groups is 1. The Kier molecular flexibility index (Phi) is 4.64. The van der Waals surface area contributed by atoms with Crippen molar-refractivity contribution >= 4 is 45.9 Å². The van der Waals surface area contributed by atoms with Gasteiger partial charge in [-0.3, -0.25) is 4.79 Å². The van der Waals surface area contributed by atoms with Crippen molar-refractivity contribution in [1.29, 1.82) is 0 Å². The summed E-state index contributed by atoms with van der Waals surface area (Å²) in [6.07, 6.45) is 2.06. The number of thioether (sulfide) groups is 1. The van der Waals surface area contributed by atoms with Gasteiger partial charge in [-0.25, -0.2) is 0 Å². The van der Waals surface area contributed by atoms with Crippen molar-refractivity contribution in [3.63, 3.8) is 0 Å². The molecule has 118 valence electrons. The number of anilines is 1. The summed E-state index contributed by atoms with van der Waals surface area (Å²) in [4.78, 5) is 12.6. The first-order valence-electron chi connectivity index (χ1n) is 7.22. The van der Waals surface area contributed by atoms with Crippen molar-refractivity contribution in [2.45, 2.75) is 5.75 Å². The number of rotatable bonds is 4. The standard InChI is InChI=1S/C18H17ClN2OS/c1-21-16-10-14(19)7-6-13(16)9-17(21)18(22)20-15-5-3-4-12(8-15)11-23-2/h3-10H,11H2,1-2H3,(H,20,22). The molecule has 2 aromatic carbocycles. The molecule has 0 aliphatic rings. The Morgan fingerprint density at radius 2 is 2.04 bits per heavy atom. The molecule has 1 heterocycles. The highest BCUT2D eigenvalue weighted by Gasteiger charge is 2.14. The van der Waals surface area contributed by atoms with Crippen molar-refractivity contribution in [2.24, 2.45) is 7.05 Å². The van der Waals surface area contributed by atoms with E-state index in [0.717, 1.165) is 22.3 Å². The number of benzene rings is 2. The van der Waals surface area contributed by atoms with Gasteiger partial charge in [-0.1, -0.05) is 29.8 Å². The van der Waals surface area contributed by atoms with Crippen LogP contribution < -0.4 is 5.32 Å². The summed E-state index contributed by atoms with van der Waals surface area (Å²) in [5, 5.41) is 4.63. The zero-order valence-corrected chi connectivity index (χ0v) is 14.5. The molecule has 1 N–H and O–H groups in total. The van der Waals surface area contributed by atoms with Gasteiger partial charge in [0.25, 0.3) is 5.91 Å². The zero-order chi connectivity index (χ0) is 16.4. The first kappa shape index (κ1) is 16.0. The third-order valence-electron chi connectivity index (χ3n) is 3.74. The number of fused-ring (bicyclic) bond motifs is 1. The minimum absolute atomic E-state index is 0.124. The molecular weight excluding hydrogens is 328 g/mol. The fourth-order valence-electron chi connectivity index (χ4n) is 2.62. The molecule has 0 aliphatic carbocycles. The Hall–Kier alpha value is -1.91.